The average molecular weight is 314 g/mol. The maximum absolute atomic E-state index is 12.1. The summed E-state index contributed by atoms with van der Waals surface area (Å²) in [5, 5.41) is 22.7. The molecule has 0 unspecified atom stereocenters. The van der Waals surface area contributed by atoms with Crippen LogP contribution in [-0.4, -0.2) is 34.6 Å². The lowest BCUT2D eigenvalue weighted by Crippen LogP contribution is -2.17. The van der Waals surface area contributed by atoms with E-state index in [-0.39, 0.29) is 16.9 Å². The van der Waals surface area contributed by atoms with E-state index in [0.29, 0.717) is 5.56 Å². The molecule has 0 aliphatic carbocycles. The molecular formula is C16H14N2O5. The zero-order valence-corrected chi connectivity index (χ0v) is 11.9. The van der Waals surface area contributed by atoms with Crippen LogP contribution in [0.1, 0.15) is 20.7 Å². The van der Waals surface area contributed by atoms with Crippen molar-refractivity contribution in [1.82, 2.24) is 0 Å². The number of rotatable bonds is 5. The minimum Gasteiger partial charge on any atom is -0.478 e. The molecule has 0 saturated carbocycles. The van der Waals surface area contributed by atoms with Crippen molar-refractivity contribution in [2.75, 3.05) is 17.2 Å². The van der Waals surface area contributed by atoms with E-state index in [2.05, 4.69) is 10.6 Å². The van der Waals surface area contributed by atoms with Crippen molar-refractivity contribution < 1.29 is 24.6 Å². The first-order valence-corrected chi connectivity index (χ1v) is 6.65. The Morgan fingerprint density at radius 2 is 1.48 bits per heavy atom. The Hall–Kier alpha value is -3.19. The van der Waals surface area contributed by atoms with Gasteiger partial charge in [-0.2, -0.15) is 0 Å². The predicted octanol–water partition coefficient (Wildman–Crippen LogP) is 1.57. The van der Waals surface area contributed by atoms with E-state index in [0.717, 1.165) is 0 Å². The highest BCUT2D eigenvalue weighted by Crippen LogP contribution is 2.20. The molecule has 0 saturated heterocycles. The number of aliphatic hydroxyl groups is 1. The van der Waals surface area contributed by atoms with Gasteiger partial charge >= 0.3 is 5.97 Å². The molecule has 0 aromatic heterocycles. The van der Waals surface area contributed by atoms with E-state index in [1.54, 1.807) is 30.3 Å². The van der Waals surface area contributed by atoms with E-state index in [1.807, 2.05) is 0 Å². The summed E-state index contributed by atoms with van der Waals surface area (Å²) >= 11 is 0. The first-order valence-electron chi connectivity index (χ1n) is 6.65. The molecule has 0 spiro atoms. The van der Waals surface area contributed by atoms with Crippen molar-refractivity contribution in [2.24, 2.45) is 0 Å². The van der Waals surface area contributed by atoms with Crippen LogP contribution < -0.4 is 10.6 Å². The third-order valence-corrected chi connectivity index (χ3v) is 2.90. The van der Waals surface area contributed by atoms with Gasteiger partial charge in [0.1, 0.15) is 6.61 Å². The quantitative estimate of drug-likeness (QED) is 0.668. The number of carbonyl (C=O) groups is 3. The van der Waals surface area contributed by atoms with Crippen LogP contribution in [0, 0.1) is 0 Å². The molecule has 0 heterocycles. The topological polar surface area (TPSA) is 116 Å². The van der Waals surface area contributed by atoms with Gasteiger partial charge in [-0.15, -0.1) is 0 Å². The van der Waals surface area contributed by atoms with Crippen LogP contribution in [0.2, 0.25) is 0 Å². The molecule has 2 aromatic carbocycles. The number of carbonyl (C=O) groups excluding carboxylic acids is 2. The second-order valence-electron chi connectivity index (χ2n) is 4.63. The van der Waals surface area contributed by atoms with Gasteiger partial charge in [-0.3, -0.25) is 9.59 Å². The predicted molar refractivity (Wildman–Crippen MR) is 83.5 cm³/mol. The number of amides is 2. The largest absolute Gasteiger partial charge is 0.478 e. The highest BCUT2D eigenvalue weighted by atomic mass is 16.4. The maximum atomic E-state index is 12.1. The fourth-order valence-electron chi connectivity index (χ4n) is 1.89. The monoisotopic (exact) mass is 314 g/mol. The lowest BCUT2D eigenvalue weighted by atomic mass is 10.1. The molecule has 2 amide bonds. The first kappa shape index (κ1) is 16.2. The number of anilines is 2. The van der Waals surface area contributed by atoms with Crippen LogP contribution in [0.3, 0.4) is 0 Å². The zero-order chi connectivity index (χ0) is 16.8. The van der Waals surface area contributed by atoms with Gasteiger partial charge in [-0.25, -0.2) is 4.79 Å². The number of hydrogen-bond acceptors (Lipinski definition) is 4. The Kier molecular flexibility index (Phi) is 5.06. The van der Waals surface area contributed by atoms with Crippen LogP contribution in [0.5, 0.6) is 0 Å². The lowest BCUT2D eigenvalue weighted by Gasteiger charge is -2.10. The second-order valence-corrected chi connectivity index (χ2v) is 4.63. The number of carboxylic acid groups (broad SMARTS) is 1. The minimum atomic E-state index is -1.21. The molecule has 0 fully saturated rings. The Bertz CT molecular complexity index is 743. The third kappa shape index (κ3) is 4.39. The smallest absolute Gasteiger partial charge is 0.335 e. The molecule has 118 valence electrons. The molecule has 7 heteroatoms. The first-order chi connectivity index (χ1) is 11.0. The SMILES string of the molecule is O=C(CO)Nc1cc(NC(=O)c2ccccc2)cc(C(=O)O)c1. The molecular weight excluding hydrogens is 300 g/mol. The molecule has 0 bridgehead atoms. The fourth-order valence-corrected chi connectivity index (χ4v) is 1.89. The van der Waals surface area contributed by atoms with Gasteiger partial charge in [0, 0.05) is 16.9 Å². The Labute approximate surface area is 131 Å². The van der Waals surface area contributed by atoms with Crippen LogP contribution >= 0.6 is 0 Å². The van der Waals surface area contributed by atoms with Crippen molar-refractivity contribution in [1.29, 1.82) is 0 Å². The van der Waals surface area contributed by atoms with Gasteiger partial charge in [0.15, 0.2) is 0 Å². The second kappa shape index (κ2) is 7.19. The van der Waals surface area contributed by atoms with E-state index in [1.165, 1.54) is 18.2 Å². The lowest BCUT2D eigenvalue weighted by molar-refractivity contribution is -0.118. The number of hydrogen-bond donors (Lipinski definition) is 4. The van der Waals surface area contributed by atoms with E-state index in [9.17, 15) is 14.4 Å². The third-order valence-electron chi connectivity index (χ3n) is 2.90. The Balaban J connectivity index is 2.28. The minimum absolute atomic E-state index is 0.107. The molecule has 4 N–H and O–H groups in total. The summed E-state index contributed by atoms with van der Waals surface area (Å²) in [7, 11) is 0. The number of carboxylic acids is 1. The van der Waals surface area contributed by atoms with Crippen LogP contribution in [-0.2, 0) is 4.79 Å². The van der Waals surface area contributed by atoms with E-state index >= 15 is 0 Å². The Morgan fingerprint density at radius 3 is 2.04 bits per heavy atom. The van der Waals surface area contributed by atoms with Crippen molar-refractivity contribution >= 4 is 29.2 Å². The fraction of sp³-hybridized carbons (Fsp3) is 0.0625. The highest BCUT2D eigenvalue weighted by Gasteiger charge is 2.11. The summed E-state index contributed by atoms with van der Waals surface area (Å²) in [5.74, 6) is -2.30. The highest BCUT2D eigenvalue weighted by molar-refractivity contribution is 6.05. The van der Waals surface area contributed by atoms with Crippen molar-refractivity contribution in [2.45, 2.75) is 0 Å². The number of aliphatic hydroxyl groups excluding tert-OH is 1. The summed E-state index contributed by atoms with van der Waals surface area (Å²) in [6, 6.07) is 12.3. The summed E-state index contributed by atoms with van der Waals surface area (Å²) in [4.78, 5) is 34.5. The van der Waals surface area contributed by atoms with Gasteiger partial charge in [0.25, 0.3) is 5.91 Å². The number of aromatic carboxylic acids is 1. The molecule has 0 aliphatic heterocycles. The molecule has 23 heavy (non-hydrogen) atoms. The van der Waals surface area contributed by atoms with Gasteiger partial charge in [-0.05, 0) is 30.3 Å². The van der Waals surface area contributed by atoms with Gasteiger partial charge in [-0.1, -0.05) is 18.2 Å². The summed E-state index contributed by atoms with van der Waals surface area (Å²) in [6.45, 7) is -0.733. The molecule has 0 atom stereocenters. The summed E-state index contributed by atoms with van der Waals surface area (Å²) < 4.78 is 0. The van der Waals surface area contributed by atoms with Crippen molar-refractivity contribution in [3.8, 4) is 0 Å². The molecule has 0 aliphatic rings. The zero-order valence-electron chi connectivity index (χ0n) is 11.9. The van der Waals surface area contributed by atoms with E-state index in [4.69, 9.17) is 10.2 Å². The summed E-state index contributed by atoms with van der Waals surface area (Å²) in [5.41, 5.74) is 0.678. The summed E-state index contributed by atoms with van der Waals surface area (Å²) in [6.07, 6.45) is 0. The molecule has 7 nitrogen and oxygen atoms in total. The molecule has 2 aromatic rings. The maximum Gasteiger partial charge on any atom is 0.335 e. The molecule has 2 rings (SSSR count). The van der Waals surface area contributed by atoms with E-state index < -0.39 is 24.4 Å². The van der Waals surface area contributed by atoms with Gasteiger partial charge < -0.3 is 20.8 Å². The van der Waals surface area contributed by atoms with Crippen LogP contribution in [0.25, 0.3) is 0 Å². The van der Waals surface area contributed by atoms with Crippen LogP contribution in [0.4, 0.5) is 11.4 Å². The van der Waals surface area contributed by atoms with Crippen molar-refractivity contribution in [3.63, 3.8) is 0 Å². The standard InChI is InChI=1S/C16H14N2O5/c19-9-14(20)17-12-6-11(16(22)23)7-13(8-12)18-15(21)10-4-2-1-3-5-10/h1-8,19H,9H2,(H,17,20)(H,18,21)(H,22,23). The molecule has 0 radical (unpaired) electrons. The van der Waals surface area contributed by atoms with Gasteiger partial charge in [0.05, 0.1) is 5.56 Å². The number of benzene rings is 2. The normalized spacial score (nSPS) is 9.96. The van der Waals surface area contributed by atoms with Gasteiger partial charge in [0.2, 0.25) is 5.91 Å². The Morgan fingerprint density at radius 1 is 0.870 bits per heavy atom. The number of nitrogens with one attached hydrogen (secondary N) is 2. The van der Waals surface area contributed by atoms with Crippen LogP contribution in [0.15, 0.2) is 48.5 Å². The van der Waals surface area contributed by atoms with Crippen molar-refractivity contribution in [3.05, 3.63) is 59.7 Å². The average Bonchev–Trinajstić information content (AvgIpc) is 2.55.